The minimum atomic E-state index is 0.479. The molecular weight excluding hydrogens is 192 g/mol. The second-order valence-corrected chi connectivity index (χ2v) is 5.96. The van der Waals surface area contributed by atoms with Crippen LogP contribution in [0.3, 0.4) is 0 Å². The van der Waals surface area contributed by atoms with Gasteiger partial charge in [-0.3, -0.25) is 0 Å². The molecule has 0 unspecified atom stereocenters. The molecule has 0 bridgehead atoms. The summed E-state index contributed by atoms with van der Waals surface area (Å²) in [5, 5.41) is 0.479. The predicted molar refractivity (Wildman–Crippen MR) is 62.8 cm³/mol. The molecule has 0 N–H and O–H groups in total. The Bertz CT molecular complexity index is 141. The smallest absolute Gasteiger partial charge is 0.0336 e. The Morgan fingerprint density at radius 3 is 1.64 bits per heavy atom. The largest absolute Gasteiger partial charge is 0.123 e. The Balaban J connectivity index is 1.38. The van der Waals surface area contributed by atoms with Crippen molar-refractivity contribution in [2.75, 3.05) is 0 Å². The third-order valence-electron chi connectivity index (χ3n) is 3.65. The van der Waals surface area contributed by atoms with Gasteiger partial charge in [0, 0.05) is 5.38 Å². The summed E-state index contributed by atoms with van der Waals surface area (Å²) in [6.07, 6.45) is 14.2. The van der Waals surface area contributed by atoms with Gasteiger partial charge < -0.3 is 0 Å². The summed E-state index contributed by atoms with van der Waals surface area (Å²) in [6.45, 7) is 0. The molecule has 0 aromatic heterocycles. The highest BCUT2D eigenvalue weighted by atomic mass is 35.5. The van der Waals surface area contributed by atoms with Gasteiger partial charge in [0.25, 0.3) is 0 Å². The number of rotatable bonds is 8. The highest BCUT2D eigenvalue weighted by molar-refractivity contribution is 6.20. The van der Waals surface area contributed by atoms with E-state index >= 15 is 0 Å². The molecule has 2 saturated carbocycles. The average molecular weight is 215 g/mol. The van der Waals surface area contributed by atoms with Gasteiger partial charge >= 0.3 is 0 Å². The summed E-state index contributed by atoms with van der Waals surface area (Å²) in [6, 6.07) is 0. The van der Waals surface area contributed by atoms with E-state index in [0.717, 1.165) is 11.8 Å². The van der Waals surface area contributed by atoms with E-state index in [1.807, 2.05) is 0 Å². The zero-order valence-electron chi connectivity index (χ0n) is 9.18. The lowest BCUT2D eigenvalue weighted by Gasteiger charge is -2.08. The van der Waals surface area contributed by atoms with Crippen LogP contribution in [0.5, 0.6) is 0 Å². The molecule has 0 aromatic rings. The standard InChI is InChI=1S/C13H23Cl/c14-13(5-1-3-11-7-8-11)6-2-4-12-9-10-12/h11-13H,1-10H2. The Kier molecular flexibility index (Phi) is 4.16. The van der Waals surface area contributed by atoms with Crippen molar-refractivity contribution in [3.63, 3.8) is 0 Å². The van der Waals surface area contributed by atoms with E-state index in [1.54, 1.807) is 0 Å². The van der Waals surface area contributed by atoms with Gasteiger partial charge in [0.2, 0.25) is 0 Å². The van der Waals surface area contributed by atoms with Crippen LogP contribution in [0, 0.1) is 11.8 Å². The lowest BCUT2D eigenvalue weighted by atomic mass is 10.1. The van der Waals surface area contributed by atoms with Crippen molar-refractivity contribution in [1.82, 2.24) is 0 Å². The van der Waals surface area contributed by atoms with E-state index in [0.29, 0.717) is 5.38 Å². The molecular formula is C13H23Cl. The lowest BCUT2D eigenvalue weighted by molar-refractivity contribution is 0.553. The summed E-state index contributed by atoms with van der Waals surface area (Å²) in [5.41, 5.74) is 0. The molecule has 0 aliphatic heterocycles. The quantitative estimate of drug-likeness (QED) is 0.512. The van der Waals surface area contributed by atoms with Crippen LogP contribution < -0.4 is 0 Å². The second kappa shape index (κ2) is 5.39. The van der Waals surface area contributed by atoms with Crippen LogP contribution in [0.4, 0.5) is 0 Å². The predicted octanol–water partition coefficient (Wildman–Crippen LogP) is 4.75. The first-order valence-corrected chi connectivity index (χ1v) is 6.92. The molecule has 2 rings (SSSR count). The molecule has 82 valence electrons. The van der Waals surface area contributed by atoms with Crippen molar-refractivity contribution in [1.29, 1.82) is 0 Å². The number of alkyl halides is 1. The summed E-state index contributed by atoms with van der Waals surface area (Å²) >= 11 is 6.29. The lowest BCUT2D eigenvalue weighted by Crippen LogP contribution is -1.99. The van der Waals surface area contributed by atoms with Gasteiger partial charge in [-0.2, -0.15) is 0 Å². The van der Waals surface area contributed by atoms with Crippen molar-refractivity contribution in [3.05, 3.63) is 0 Å². The molecule has 0 amide bonds. The van der Waals surface area contributed by atoms with Crippen LogP contribution in [-0.2, 0) is 0 Å². The van der Waals surface area contributed by atoms with Gasteiger partial charge in [-0.1, -0.05) is 51.4 Å². The Labute approximate surface area is 93.4 Å². The van der Waals surface area contributed by atoms with Crippen molar-refractivity contribution in [2.24, 2.45) is 11.8 Å². The highest BCUT2D eigenvalue weighted by Crippen LogP contribution is 2.36. The van der Waals surface area contributed by atoms with Crippen molar-refractivity contribution in [2.45, 2.75) is 69.6 Å². The first kappa shape index (κ1) is 10.8. The van der Waals surface area contributed by atoms with Crippen molar-refractivity contribution in [3.8, 4) is 0 Å². The summed E-state index contributed by atoms with van der Waals surface area (Å²) in [4.78, 5) is 0. The van der Waals surface area contributed by atoms with E-state index in [-0.39, 0.29) is 0 Å². The molecule has 14 heavy (non-hydrogen) atoms. The summed E-state index contributed by atoms with van der Waals surface area (Å²) < 4.78 is 0. The van der Waals surface area contributed by atoms with Crippen LogP contribution >= 0.6 is 11.6 Å². The molecule has 0 aromatic carbocycles. The average Bonchev–Trinajstić information content (AvgIpc) is 2.99. The monoisotopic (exact) mass is 214 g/mol. The van der Waals surface area contributed by atoms with E-state index in [4.69, 9.17) is 11.6 Å². The Morgan fingerprint density at radius 2 is 1.29 bits per heavy atom. The van der Waals surface area contributed by atoms with Gasteiger partial charge in [0.1, 0.15) is 0 Å². The van der Waals surface area contributed by atoms with Crippen LogP contribution in [0.2, 0.25) is 0 Å². The number of halogens is 1. The van der Waals surface area contributed by atoms with Gasteiger partial charge in [0.05, 0.1) is 0 Å². The maximum atomic E-state index is 6.29. The van der Waals surface area contributed by atoms with Crippen LogP contribution in [0.15, 0.2) is 0 Å². The molecule has 2 aliphatic rings. The molecule has 0 atom stereocenters. The van der Waals surface area contributed by atoms with E-state index in [9.17, 15) is 0 Å². The topological polar surface area (TPSA) is 0 Å². The van der Waals surface area contributed by atoms with Crippen LogP contribution in [0.25, 0.3) is 0 Å². The van der Waals surface area contributed by atoms with E-state index in [1.165, 1.54) is 64.2 Å². The SMILES string of the molecule is ClC(CCCC1CC1)CCCC1CC1. The molecule has 2 aliphatic carbocycles. The van der Waals surface area contributed by atoms with Crippen LogP contribution in [0.1, 0.15) is 64.2 Å². The third-order valence-corrected chi connectivity index (χ3v) is 4.09. The fraction of sp³-hybridized carbons (Fsp3) is 1.00. The summed E-state index contributed by atoms with van der Waals surface area (Å²) in [7, 11) is 0. The Morgan fingerprint density at radius 1 is 0.857 bits per heavy atom. The molecule has 2 fully saturated rings. The highest BCUT2D eigenvalue weighted by Gasteiger charge is 2.22. The fourth-order valence-corrected chi connectivity index (χ4v) is 2.52. The van der Waals surface area contributed by atoms with E-state index < -0.39 is 0 Å². The maximum Gasteiger partial charge on any atom is 0.0336 e. The molecule has 0 nitrogen and oxygen atoms in total. The van der Waals surface area contributed by atoms with Crippen LogP contribution in [-0.4, -0.2) is 5.38 Å². The second-order valence-electron chi connectivity index (χ2n) is 5.35. The molecule has 0 radical (unpaired) electrons. The van der Waals surface area contributed by atoms with Crippen molar-refractivity contribution >= 4 is 11.6 Å². The molecule has 0 saturated heterocycles. The first-order valence-electron chi connectivity index (χ1n) is 6.48. The third kappa shape index (κ3) is 4.68. The molecule has 0 heterocycles. The minimum absolute atomic E-state index is 0.479. The summed E-state index contributed by atoms with van der Waals surface area (Å²) in [5.74, 6) is 2.18. The zero-order chi connectivity index (χ0) is 9.80. The van der Waals surface area contributed by atoms with Gasteiger partial charge in [-0.25, -0.2) is 0 Å². The number of hydrogen-bond donors (Lipinski definition) is 0. The maximum absolute atomic E-state index is 6.29. The fourth-order valence-electron chi connectivity index (χ4n) is 2.21. The van der Waals surface area contributed by atoms with E-state index in [2.05, 4.69) is 0 Å². The molecule has 1 heteroatoms. The zero-order valence-corrected chi connectivity index (χ0v) is 9.94. The van der Waals surface area contributed by atoms with Crippen molar-refractivity contribution < 1.29 is 0 Å². The Hall–Kier alpha value is 0.290. The normalized spacial score (nSPS) is 21.9. The van der Waals surface area contributed by atoms with Gasteiger partial charge in [-0.05, 0) is 24.7 Å². The molecule has 0 spiro atoms. The number of hydrogen-bond acceptors (Lipinski definition) is 0. The van der Waals surface area contributed by atoms with Gasteiger partial charge in [-0.15, -0.1) is 11.6 Å². The first-order chi connectivity index (χ1) is 6.84. The minimum Gasteiger partial charge on any atom is -0.123 e. The van der Waals surface area contributed by atoms with Gasteiger partial charge in [0.15, 0.2) is 0 Å².